The van der Waals surface area contributed by atoms with Gasteiger partial charge >= 0.3 is 0 Å². The Morgan fingerprint density at radius 2 is 1.44 bits per heavy atom. The smallest absolute Gasteiger partial charge is 0.0537 e. The van der Waals surface area contributed by atoms with E-state index >= 15 is 0 Å². The van der Waals surface area contributed by atoms with Gasteiger partial charge in [-0.25, -0.2) is 0 Å². The van der Waals surface area contributed by atoms with Gasteiger partial charge in [-0.05, 0) is 25.2 Å². The normalized spacial score (nSPS) is 17.1. The first kappa shape index (κ1) is 16.0. The van der Waals surface area contributed by atoms with E-state index in [9.17, 15) is 5.11 Å². The molecule has 1 unspecified atom stereocenters. The summed E-state index contributed by atoms with van der Waals surface area (Å²) >= 11 is 0. The lowest BCUT2D eigenvalue weighted by molar-refractivity contribution is 0.127. The van der Waals surface area contributed by atoms with E-state index < -0.39 is 0 Å². The fourth-order valence-electron chi connectivity index (χ4n) is 2.09. The summed E-state index contributed by atoms with van der Waals surface area (Å²) < 4.78 is 0. The van der Waals surface area contributed by atoms with E-state index in [0.29, 0.717) is 5.92 Å². The van der Waals surface area contributed by atoms with Crippen LogP contribution in [0.3, 0.4) is 0 Å². The van der Waals surface area contributed by atoms with Gasteiger partial charge in [0.1, 0.15) is 0 Å². The zero-order valence-electron chi connectivity index (χ0n) is 11.8. The van der Waals surface area contributed by atoms with Crippen molar-refractivity contribution in [1.29, 1.82) is 0 Å². The maximum absolute atomic E-state index is 9.39. The number of hydrogen-bond donors (Lipinski definition) is 1. The molecule has 98 valence electrons. The van der Waals surface area contributed by atoms with Crippen molar-refractivity contribution in [3.05, 3.63) is 0 Å². The highest BCUT2D eigenvalue weighted by Crippen LogP contribution is 2.19. The van der Waals surface area contributed by atoms with Crippen molar-refractivity contribution in [2.24, 2.45) is 11.8 Å². The summed E-state index contributed by atoms with van der Waals surface area (Å²) in [6.07, 6.45) is 10.6. The molecule has 0 radical (unpaired) electrons. The molecule has 1 nitrogen and oxygen atoms in total. The second-order valence-corrected chi connectivity index (χ2v) is 5.60. The van der Waals surface area contributed by atoms with Crippen molar-refractivity contribution in [2.45, 2.75) is 85.2 Å². The van der Waals surface area contributed by atoms with Crippen molar-refractivity contribution in [3.8, 4) is 0 Å². The average Bonchev–Trinajstić information content (AvgIpc) is 2.24. The Morgan fingerprint density at radius 1 is 0.812 bits per heavy atom. The monoisotopic (exact) mass is 228 g/mol. The van der Waals surface area contributed by atoms with Crippen LogP contribution in [0.5, 0.6) is 0 Å². The van der Waals surface area contributed by atoms with Crippen LogP contribution in [0, 0.1) is 11.8 Å². The lowest BCUT2D eigenvalue weighted by atomic mass is 9.93. The van der Waals surface area contributed by atoms with E-state index in [1.165, 1.54) is 51.4 Å². The second kappa shape index (κ2) is 10.1. The van der Waals surface area contributed by atoms with Crippen LogP contribution >= 0.6 is 0 Å². The highest BCUT2D eigenvalue weighted by Gasteiger charge is 2.09. The molecule has 0 aromatic heterocycles. The van der Waals surface area contributed by atoms with Crippen LogP contribution in [0.2, 0.25) is 0 Å². The van der Waals surface area contributed by atoms with Gasteiger partial charge in [0.25, 0.3) is 0 Å². The number of hydrogen-bond acceptors (Lipinski definition) is 1. The van der Waals surface area contributed by atoms with Gasteiger partial charge in [-0.1, -0.05) is 65.7 Å². The summed E-state index contributed by atoms with van der Waals surface area (Å²) in [4.78, 5) is 0. The fourth-order valence-corrected chi connectivity index (χ4v) is 2.09. The molecule has 0 bridgehead atoms. The van der Waals surface area contributed by atoms with Gasteiger partial charge in [-0.2, -0.15) is 0 Å². The molecule has 0 fully saturated rings. The van der Waals surface area contributed by atoms with Crippen LogP contribution in [0.1, 0.15) is 79.1 Å². The highest BCUT2D eigenvalue weighted by atomic mass is 16.3. The first-order valence-corrected chi connectivity index (χ1v) is 7.26. The molecule has 0 aromatic rings. The third kappa shape index (κ3) is 9.21. The fraction of sp³-hybridized carbons (Fsp3) is 1.00. The van der Waals surface area contributed by atoms with Crippen LogP contribution < -0.4 is 0 Å². The van der Waals surface area contributed by atoms with Gasteiger partial charge in [0.15, 0.2) is 0 Å². The minimum absolute atomic E-state index is 0.139. The Hall–Kier alpha value is -0.0400. The van der Waals surface area contributed by atoms with E-state index in [1.54, 1.807) is 0 Å². The van der Waals surface area contributed by atoms with Crippen molar-refractivity contribution in [1.82, 2.24) is 0 Å². The average molecular weight is 228 g/mol. The molecule has 0 spiro atoms. The Labute approximate surface area is 103 Å². The van der Waals surface area contributed by atoms with E-state index in [2.05, 4.69) is 20.8 Å². The summed E-state index contributed by atoms with van der Waals surface area (Å²) in [6, 6.07) is 0. The topological polar surface area (TPSA) is 20.2 Å². The predicted molar refractivity (Wildman–Crippen MR) is 72.6 cm³/mol. The molecule has 0 aromatic carbocycles. The van der Waals surface area contributed by atoms with Crippen LogP contribution in [0.15, 0.2) is 0 Å². The van der Waals surface area contributed by atoms with Gasteiger partial charge in [-0.3, -0.25) is 0 Å². The largest absolute Gasteiger partial charge is 0.393 e. The van der Waals surface area contributed by atoms with Crippen LogP contribution in [-0.4, -0.2) is 11.2 Å². The molecule has 0 aliphatic carbocycles. The van der Waals surface area contributed by atoms with Gasteiger partial charge in [0.05, 0.1) is 6.10 Å². The zero-order valence-corrected chi connectivity index (χ0v) is 11.8. The third-order valence-corrected chi connectivity index (χ3v) is 3.73. The second-order valence-electron chi connectivity index (χ2n) is 5.60. The molecule has 0 heterocycles. The van der Waals surface area contributed by atoms with Crippen LogP contribution in [0.4, 0.5) is 0 Å². The SMILES string of the molecule is CCCCCCC(C)CCC[C@H](C)[C@@H](C)O. The first-order chi connectivity index (χ1) is 7.57. The summed E-state index contributed by atoms with van der Waals surface area (Å²) in [5.41, 5.74) is 0. The number of aliphatic hydroxyl groups excluding tert-OH is 1. The standard InChI is InChI=1S/C15H32O/c1-5-6-7-8-10-13(2)11-9-12-14(3)15(4)16/h13-16H,5-12H2,1-4H3/t13?,14-,15+/m0/s1. The Morgan fingerprint density at radius 3 is 2.00 bits per heavy atom. The Balaban J connectivity index is 3.33. The minimum Gasteiger partial charge on any atom is -0.393 e. The van der Waals surface area contributed by atoms with Gasteiger partial charge in [0, 0.05) is 0 Å². The molecule has 0 saturated heterocycles. The van der Waals surface area contributed by atoms with E-state index in [4.69, 9.17) is 0 Å². The molecule has 0 rings (SSSR count). The lowest BCUT2D eigenvalue weighted by Gasteiger charge is -2.16. The Bertz CT molecular complexity index is 142. The maximum atomic E-state index is 9.39. The molecular formula is C15H32O. The predicted octanol–water partition coefficient (Wildman–Crippen LogP) is 4.78. The van der Waals surface area contributed by atoms with E-state index in [1.807, 2.05) is 6.92 Å². The van der Waals surface area contributed by atoms with Crippen LogP contribution in [-0.2, 0) is 0 Å². The molecule has 0 aliphatic heterocycles. The van der Waals surface area contributed by atoms with E-state index in [0.717, 1.165) is 5.92 Å². The van der Waals surface area contributed by atoms with E-state index in [-0.39, 0.29) is 6.10 Å². The molecule has 1 N–H and O–H groups in total. The van der Waals surface area contributed by atoms with Gasteiger partial charge in [-0.15, -0.1) is 0 Å². The maximum Gasteiger partial charge on any atom is 0.0537 e. The molecule has 16 heavy (non-hydrogen) atoms. The molecule has 1 heteroatoms. The summed E-state index contributed by atoms with van der Waals surface area (Å²) in [5, 5.41) is 9.39. The van der Waals surface area contributed by atoms with Gasteiger partial charge < -0.3 is 5.11 Å². The number of unbranched alkanes of at least 4 members (excludes halogenated alkanes) is 3. The summed E-state index contributed by atoms with van der Waals surface area (Å²) in [7, 11) is 0. The van der Waals surface area contributed by atoms with Crippen molar-refractivity contribution >= 4 is 0 Å². The van der Waals surface area contributed by atoms with Crippen LogP contribution in [0.25, 0.3) is 0 Å². The Kier molecular flexibility index (Phi) is 10.1. The quantitative estimate of drug-likeness (QED) is 0.533. The highest BCUT2D eigenvalue weighted by molar-refractivity contribution is 4.61. The molecule has 0 saturated carbocycles. The third-order valence-electron chi connectivity index (χ3n) is 3.73. The number of rotatable bonds is 10. The molecule has 0 aliphatic rings. The zero-order chi connectivity index (χ0) is 12.4. The van der Waals surface area contributed by atoms with Gasteiger partial charge in [0.2, 0.25) is 0 Å². The van der Waals surface area contributed by atoms with Crippen molar-refractivity contribution in [3.63, 3.8) is 0 Å². The lowest BCUT2D eigenvalue weighted by Crippen LogP contribution is -2.13. The molecule has 3 atom stereocenters. The van der Waals surface area contributed by atoms with Crippen molar-refractivity contribution < 1.29 is 5.11 Å². The first-order valence-electron chi connectivity index (χ1n) is 7.26. The minimum atomic E-state index is -0.139. The summed E-state index contributed by atoms with van der Waals surface area (Å²) in [6.45, 7) is 8.69. The summed E-state index contributed by atoms with van der Waals surface area (Å²) in [5.74, 6) is 1.34. The molecular weight excluding hydrogens is 196 g/mol. The number of aliphatic hydroxyl groups is 1. The van der Waals surface area contributed by atoms with Crippen molar-refractivity contribution in [2.75, 3.05) is 0 Å². The molecule has 0 amide bonds.